The monoisotopic (exact) mass is 275 g/mol. The van der Waals surface area contributed by atoms with Gasteiger partial charge in [0.05, 0.1) is 39.0 Å². The molecule has 2 N–H and O–H groups in total. The molecule has 1 aromatic rings. The molecule has 0 aromatic heterocycles. The lowest BCUT2D eigenvalue weighted by Crippen LogP contribution is -2.35. The van der Waals surface area contributed by atoms with Gasteiger partial charge in [-0.15, -0.1) is 12.4 Å². The van der Waals surface area contributed by atoms with Gasteiger partial charge in [-0.05, 0) is 0 Å². The van der Waals surface area contributed by atoms with Gasteiger partial charge in [0.15, 0.2) is 0 Å². The molecule has 0 spiro atoms. The second kappa shape index (κ2) is 6.68. The predicted octanol–water partition coefficient (Wildman–Crippen LogP) is 1.49. The Labute approximate surface area is 112 Å². The summed E-state index contributed by atoms with van der Waals surface area (Å²) in [5.74, 6) is 1.33. The second-order valence-corrected chi connectivity index (χ2v) is 3.85. The van der Waals surface area contributed by atoms with E-state index in [0.717, 1.165) is 12.1 Å². The summed E-state index contributed by atoms with van der Waals surface area (Å²) in [5.41, 5.74) is 0.882. The highest BCUT2D eigenvalue weighted by Crippen LogP contribution is 2.38. The highest BCUT2D eigenvalue weighted by Gasteiger charge is 2.24. The maximum atomic E-state index is 9.57. The first-order valence-electron chi connectivity index (χ1n) is 5.52. The molecule has 102 valence electrons. The quantitative estimate of drug-likeness (QED) is 0.875. The maximum absolute atomic E-state index is 9.57. The summed E-state index contributed by atoms with van der Waals surface area (Å²) in [5, 5.41) is 12.9. The fraction of sp³-hybridized carbons (Fsp3) is 0.500. The van der Waals surface area contributed by atoms with Crippen LogP contribution in [0.5, 0.6) is 17.2 Å². The number of aromatic hydroxyl groups is 1. The van der Waals surface area contributed by atoms with E-state index in [4.69, 9.17) is 14.2 Å². The second-order valence-electron chi connectivity index (χ2n) is 3.85. The zero-order chi connectivity index (χ0) is 12.3. The summed E-state index contributed by atoms with van der Waals surface area (Å²) < 4.78 is 16.0. The number of rotatable bonds is 3. The Kier molecular flexibility index (Phi) is 5.53. The summed E-state index contributed by atoms with van der Waals surface area (Å²) in [6.45, 7) is 2.06. The molecule has 1 atom stereocenters. The predicted molar refractivity (Wildman–Crippen MR) is 70.0 cm³/mol. The summed E-state index contributed by atoms with van der Waals surface area (Å²) in [6.07, 6.45) is 0. The van der Waals surface area contributed by atoms with Crippen molar-refractivity contribution in [3.05, 3.63) is 17.7 Å². The third-order valence-electron chi connectivity index (χ3n) is 2.80. The Morgan fingerprint density at radius 2 is 1.89 bits per heavy atom. The van der Waals surface area contributed by atoms with Crippen LogP contribution < -0.4 is 14.8 Å². The molecule has 0 aliphatic carbocycles. The summed E-state index contributed by atoms with van der Waals surface area (Å²) in [4.78, 5) is 0. The zero-order valence-corrected chi connectivity index (χ0v) is 11.3. The molecule has 0 unspecified atom stereocenters. The van der Waals surface area contributed by atoms with Crippen molar-refractivity contribution in [1.82, 2.24) is 5.32 Å². The highest BCUT2D eigenvalue weighted by molar-refractivity contribution is 5.85. The summed E-state index contributed by atoms with van der Waals surface area (Å²) in [7, 11) is 3.14. The number of morpholine rings is 1. The molecule has 6 heteroatoms. The highest BCUT2D eigenvalue weighted by atomic mass is 35.5. The molecule has 1 aliphatic rings. The van der Waals surface area contributed by atoms with Crippen molar-refractivity contribution in [2.75, 3.05) is 34.0 Å². The first-order valence-corrected chi connectivity index (χ1v) is 5.52. The number of halogens is 1. The van der Waals surface area contributed by atoms with E-state index in [9.17, 15) is 5.11 Å². The average Bonchev–Trinajstić information content (AvgIpc) is 2.38. The average molecular weight is 276 g/mol. The molecule has 0 bridgehead atoms. The largest absolute Gasteiger partial charge is 0.508 e. The third-order valence-corrected chi connectivity index (χ3v) is 2.80. The Balaban J connectivity index is 0.00000162. The van der Waals surface area contributed by atoms with Gasteiger partial charge in [-0.1, -0.05) is 0 Å². The van der Waals surface area contributed by atoms with Crippen LogP contribution in [0.25, 0.3) is 0 Å². The molecule has 1 aliphatic heterocycles. The molecule has 1 aromatic carbocycles. The van der Waals surface area contributed by atoms with Crippen LogP contribution in [0.3, 0.4) is 0 Å². The molecule has 18 heavy (non-hydrogen) atoms. The van der Waals surface area contributed by atoms with Crippen molar-refractivity contribution in [3.8, 4) is 17.2 Å². The lowest BCUT2D eigenvalue weighted by Gasteiger charge is -2.27. The van der Waals surface area contributed by atoms with Crippen molar-refractivity contribution >= 4 is 12.4 Å². The van der Waals surface area contributed by atoms with Crippen molar-refractivity contribution in [2.24, 2.45) is 0 Å². The van der Waals surface area contributed by atoms with Gasteiger partial charge >= 0.3 is 0 Å². The van der Waals surface area contributed by atoms with Crippen LogP contribution in [-0.4, -0.2) is 39.1 Å². The number of benzene rings is 1. The Morgan fingerprint density at radius 1 is 1.28 bits per heavy atom. The van der Waals surface area contributed by atoms with Crippen molar-refractivity contribution in [2.45, 2.75) is 6.04 Å². The normalized spacial score (nSPS) is 18.9. The molecule has 1 saturated heterocycles. The van der Waals surface area contributed by atoms with E-state index in [0.29, 0.717) is 24.7 Å². The van der Waals surface area contributed by atoms with Gasteiger partial charge in [-0.2, -0.15) is 0 Å². The fourth-order valence-corrected chi connectivity index (χ4v) is 2.02. The smallest absolute Gasteiger partial charge is 0.131 e. The van der Waals surface area contributed by atoms with Crippen LogP contribution in [0.4, 0.5) is 0 Å². The lowest BCUT2D eigenvalue weighted by molar-refractivity contribution is 0.0751. The Hall–Kier alpha value is -1.17. The van der Waals surface area contributed by atoms with Gasteiger partial charge in [0.1, 0.15) is 17.2 Å². The standard InChI is InChI=1S/C12H17NO4.ClH/c1-15-10-5-8(14)6-11(16-2)12(10)9-7-17-4-3-13-9;/h5-6,9,13-14H,3-4,7H2,1-2H3;1H/t9-;/m1./s1. The third kappa shape index (κ3) is 2.98. The van der Waals surface area contributed by atoms with E-state index in [-0.39, 0.29) is 24.2 Å². The van der Waals surface area contributed by atoms with Crippen molar-refractivity contribution in [3.63, 3.8) is 0 Å². The van der Waals surface area contributed by atoms with E-state index >= 15 is 0 Å². The van der Waals surface area contributed by atoms with Crippen LogP contribution in [-0.2, 0) is 4.74 Å². The SMILES string of the molecule is COc1cc(O)cc(OC)c1[C@H]1COCCN1.Cl. The van der Waals surface area contributed by atoms with Crippen molar-refractivity contribution in [1.29, 1.82) is 0 Å². The minimum Gasteiger partial charge on any atom is -0.508 e. The first-order chi connectivity index (χ1) is 8.26. The number of ether oxygens (including phenoxy) is 3. The molecule has 2 rings (SSSR count). The number of phenols is 1. The van der Waals surface area contributed by atoms with Crippen molar-refractivity contribution < 1.29 is 19.3 Å². The van der Waals surface area contributed by atoms with Crippen LogP contribution >= 0.6 is 12.4 Å². The van der Waals surface area contributed by atoms with Crippen LogP contribution in [0.15, 0.2) is 12.1 Å². The maximum Gasteiger partial charge on any atom is 0.131 e. The summed E-state index contributed by atoms with van der Waals surface area (Å²) in [6, 6.07) is 3.18. The van der Waals surface area contributed by atoms with Crippen LogP contribution in [0, 0.1) is 0 Å². The van der Waals surface area contributed by atoms with Gasteiger partial charge in [0.25, 0.3) is 0 Å². The Bertz CT molecular complexity index is 369. The number of phenolic OH excluding ortho intramolecular Hbond substituents is 1. The van der Waals surface area contributed by atoms with Gasteiger partial charge in [0.2, 0.25) is 0 Å². The number of methoxy groups -OCH3 is 2. The van der Waals surface area contributed by atoms with Gasteiger partial charge < -0.3 is 24.6 Å². The van der Waals surface area contributed by atoms with E-state index in [1.807, 2.05) is 0 Å². The topological polar surface area (TPSA) is 60.0 Å². The Morgan fingerprint density at radius 3 is 2.33 bits per heavy atom. The zero-order valence-electron chi connectivity index (χ0n) is 10.4. The molecule has 5 nitrogen and oxygen atoms in total. The number of nitrogens with one attached hydrogen (secondary N) is 1. The molecule has 0 saturated carbocycles. The molecule has 1 fully saturated rings. The van der Waals surface area contributed by atoms with Gasteiger partial charge in [-0.25, -0.2) is 0 Å². The molecule has 1 heterocycles. The van der Waals surface area contributed by atoms with Gasteiger partial charge in [-0.3, -0.25) is 0 Å². The van der Waals surface area contributed by atoms with Crippen LogP contribution in [0.1, 0.15) is 11.6 Å². The molecule has 0 radical (unpaired) electrons. The van der Waals surface area contributed by atoms with E-state index in [2.05, 4.69) is 5.32 Å². The van der Waals surface area contributed by atoms with E-state index in [1.165, 1.54) is 0 Å². The van der Waals surface area contributed by atoms with Gasteiger partial charge in [0, 0.05) is 18.7 Å². The lowest BCUT2D eigenvalue weighted by atomic mass is 10.0. The number of hydrogen-bond donors (Lipinski definition) is 2. The van der Waals surface area contributed by atoms with Crippen LogP contribution in [0.2, 0.25) is 0 Å². The van der Waals surface area contributed by atoms with E-state index < -0.39 is 0 Å². The molecule has 0 amide bonds. The minimum absolute atomic E-state index is 0. The summed E-state index contributed by atoms with van der Waals surface area (Å²) >= 11 is 0. The minimum atomic E-state index is 0. The van der Waals surface area contributed by atoms with E-state index in [1.54, 1.807) is 26.4 Å². The molecular formula is C12H18ClNO4. The fourth-order valence-electron chi connectivity index (χ4n) is 2.02. The number of hydrogen-bond acceptors (Lipinski definition) is 5. The molecular weight excluding hydrogens is 258 g/mol. The first kappa shape index (κ1) is 14.9.